The second-order valence-corrected chi connectivity index (χ2v) is 12.7. The molecule has 0 fully saturated rings. The van der Waals surface area contributed by atoms with Crippen molar-refractivity contribution in [1.82, 2.24) is 0 Å². The van der Waals surface area contributed by atoms with Crippen molar-refractivity contribution in [3.8, 4) is 17.2 Å². The summed E-state index contributed by atoms with van der Waals surface area (Å²) in [6.45, 7) is 2.36. The third kappa shape index (κ3) is 12.6. The van der Waals surface area contributed by atoms with Gasteiger partial charge in [0.15, 0.2) is 52.2 Å². The lowest BCUT2D eigenvalue weighted by molar-refractivity contribution is -0.137. The number of aromatic hydroxyl groups is 3. The average molecular weight is 840 g/mol. The highest BCUT2D eigenvalue weighted by molar-refractivity contribution is 6.31. The van der Waals surface area contributed by atoms with Gasteiger partial charge in [0.05, 0.1) is 5.56 Å². The largest absolute Gasteiger partial charge is 0.503 e. The molecule has 0 unspecified atom stereocenters. The monoisotopic (exact) mass is 839 g/mol. The summed E-state index contributed by atoms with van der Waals surface area (Å²) in [6, 6.07) is 22.3. The SMILES string of the molecule is Cc1cccc(CNc2cc(F)c(O)c(F)c2)c1.Oc1c(F)cc(NCc2c(F)cccc2Cl)cc1F.Oc1c(F)cc(NCc2cccc(C(F)(F)F)c2)cc1F. The van der Waals surface area contributed by atoms with Crippen LogP contribution in [0.4, 0.5) is 61.0 Å². The summed E-state index contributed by atoms with van der Waals surface area (Å²) >= 11 is 5.82. The smallest absolute Gasteiger partial charge is 0.416 e. The van der Waals surface area contributed by atoms with Crippen molar-refractivity contribution in [2.24, 2.45) is 0 Å². The normalized spacial score (nSPS) is 10.8. The molecule has 0 aliphatic heterocycles. The number of halogens is 11. The highest BCUT2D eigenvalue weighted by Gasteiger charge is 2.30. The summed E-state index contributed by atoms with van der Waals surface area (Å²) in [6.07, 6.45) is -4.45. The lowest BCUT2D eigenvalue weighted by Gasteiger charge is -2.11. The van der Waals surface area contributed by atoms with Crippen LogP contribution in [-0.2, 0) is 25.8 Å². The molecular weight excluding hydrogens is 808 g/mol. The van der Waals surface area contributed by atoms with E-state index in [0.29, 0.717) is 17.8 Å². The molecule has 0 heterocycles. The first-order valence-electron chi connectivity index (χ1n) is 16.7. The standard InChI is InChI=1S/C14H10F5NO.C14H13F2NO.C13H9ClF3NO/c15-11-5-10(6-12(16)13(11)21)20-7-8-2-1-3-9(4-8)14(17,18)19;1-9-3-2-4-10(5-9)8-17-11-6-12(15)14(18)13(16)7-11;14-9-2-1-3-10(15)8(9)6-18-7-4-11(16)13(19)12(17)5-7/h1-6,20-21H,7H2;2-7,17-18H,8H2,1H3;1-5,18-19H,6H2. The molecule has 0 atom stereocenters. The molecule has 17 heteroatoms. The zero-order valence-electron chi connectivity index (χ0n) is 29.9. The van der Waals surface area contributed by atoms with E-state index in [4.69, 9.17) is 26.9 Å². The molecule has 6 aromatic rings. The minimum Gasteiger partial charge on any atom is -0.503 e. The van der Waals surface area contributed by atoms with E-state index < -0.39 is 69.7 Å². The highest BCUT2D eigenvalue weighted by atomic mass is 35.5. The predicted molar refractivity (Wildman–Crippen MR) is 200 cm³/mol. The quantitative estimate of drug-likeness (QED) is 0.0641. The zero-order chi connectivity index (χ0) is 42.7. The molecule has 6 nitrogen and oxygen atoms in total. The van der Waals surface area contributed by atoms with Crippen molar-refractivity contribution in [3.63, 3.8) is 0 Å². The molecule has 0 bridgehead atoms. The number of hydrogen-bond acceptors (Lipinski definition) is 6. The first kappa shape index (κ1) is 44.4. The number of nitrogens with one attached hydrogen (secondary N) is 3. The van der Waals surface area contributed by atoms with Crippen molar-refractivity contribution >= 4 is 28.7 Å². The molecule has 0 aromatic heterocycles. The van der Waals surface area contributed by atoms with Gasteiger partial charge in [-0.05, 0) is 42.3 Å². The minimum absolute atomic E-state index is 0.0141. The Morgan fingerprint density at radius 3 is 1.26 bits per heavy atom. The Morgan fingerprint density at radius 1 is 0.483 bits per heavy atom. The van der Waals surface area contributed by atoms with E-state index in [1.54, 1.807) is 0 Å². The van der Waals surface area contributed by atoms with Crippen molar-refractivity contribution < 1.29 is 59.2 Å². The zero-order valence-corrected chi connectivity index (χ0v) is 30.7. The van der Waals surface area contributed by atoms with E-state index in [0.717, 1.165) is 59.7 Å². The fourth-order valence-electron chi connectivity index (χ4n) is 4.98. The van der Waals surface area contributed by atoms with E-state index in [1.807, 2.05) is 31.2 Å². The number of phenols is 3. The topological polar surface area (TPSA) is 96.8 Å². The van der Waals surface area contributed by atoms with Gasteiger partial charge in [0.25, 0.3) is 0 Å². The number of phenolic OH excluding ortho intramolecular Hbond substituents is 3. The Kier molecular flexibility index (Phi) is 15.1. The second-order valence-electron chi connectivity index (χ2n) is 12.3. The fourth-order valence-corrected chi connectivity index (χ4v) is 5.21. The maximum Gasteiger partial charge on any atom is 0.416 e. The summed E-state index contributed by atoms with van der Waals surface area (Å²) in [4.78, 5) is 0. The van der Waals surface area contributed by atoms with Crippen LogP contribution in [0, 0.1) is 47.6 Å². The number of benzene rings is 6. The molecule has 0 aliphatic carbocycles. The molecule has 6 aromatic carbocycles. The van der Waals surface area contributed by atoms with Gasteiger partial charge in [-0.2, -0.15) is 13.2 Å². The van der Waals surface area contributed by atoms with Gasteiger partial charge < -0.3 is 31.3 Å². The summed E-state index contributed by atoms with van der Waals surface area (Å²) in [5, 5.41) is 35.2. The van der Waals surface area contributed by atoms with Crippen LogP contribution in [0.1, 0.15) is 27.8 Å². The van der Waals surface area contributed by atoms with Gasteiger partial charge in [0.2, 0.25) is 0 Å². The van der Waals surface area contributed by atoms with Crippen LogP contribution < -0.4 is 16.0 Å². The Labute approximate surface area is 330 Å². The van der Waals surface area contributed by atoms with Gasteiger partial charge in [-0.15, -0.1) is 0 Å². The average Bonchev–Trinajstić information content (AvgIpc) is 3.16. The summed E-state index contributed by atoms with van der Waals surface area (Å²) in [5.41, 5.74) is 2.22. The molecule has 0 amide bonds. The molecular formula is C41H32ClF10N3O3. The molecule has 0 aliphatic rings. The van der Waals surface area contributed by atoms with Gasteiger partial charge >= 0.3 is 6.18 Å². The second kappa shape index (κ2) is 19.7. The maximum atomic E-state index is 13.5. The van der Waals surface area contributed by atoms with Crippen LogP contribution in [0.25, 0.3) is 0 Å². The number of alkyl halides is 3. The molecule has 0 saturated heterocycles. The molecule has 0 saturated carbocycles. The summed E-state index contributed by atoms with van der Waals surface area (Å²) < 4.78 is 130. The van der Waals surface area contributed by atoms with E-state index in [9.17, 15) is 43.9 Å². The Morgan fingerprint density at radius 2 is 0.862 bits per heavy atom. The van der Waals surface area contributed by atoms with Crippen LogP contribution in [0.5, 0.6) is 17.2 Å². The van der Waals surface area contributed by atoms with E-state index in [2.05, 4.69) is 16.0 Å². The summed E-state index contributed by atoms with van der Waals surface area (Å²) in [7, 11) is 0. The van der Waals surface area contributed by atoms with Crippen LogP contribution in [0.3, 0.4) is 0 Å². The molecule has 0 spiro atoms. The first-order valence-corrected chi connectivity index (χ1v) is 17.1. The van der Waals surface area contributed by atoms with Gasteiger partial charge in [-0.25, -0.2) is 30.7 Å². The Balaban J connectivity index is 0.000000193. The molecule has 306 valence electrons. The maximum absolute atomic E-state index is 13.5. The van der Waals surface area contributed by atoms with Crippen molar-refractivity contribution in [1.29, 1.82) is 0 Å². The van der Waals surface area contributed by atoms with Gasteiger partial charge in [0, 0.05) is 83.7 Å². The van der Waals surface area contributed by atoms with Crippen LogP contribution in [-0.4, -0.2) is 15.3 Å². The molecule has 58 heavy (non-hydrogen) atoms. The molecule has 6 N–H and O–H groups in total. The fraction of sp³-hybridized carbons (Fsp3) is 0.122. The van der Waals surface area contributed by atoms with E-state index in [-0.39, 0.29) is 35.1 Å². The van der Waals surface area contributed by atoms with Crippen molar-refractivity contribution in [3.05, 3.63) is 177 Å². The summed E-state index contributed by atoms with van der Waals surface area (Å²) in [5.74, 6) is -10.0. The lowest BCUT2D eigenvalue weighted by Crippen LogP contribution is -2.07. The van der Waals surface area contributed by atoms with E-state index in [1.165, 1.54) is 30.3 Å². The van der Waals surface area contributed by atoms with Gasteiger partial charge in [-0.3, -0.25) is 0 Å². The van der Waals surface area contributed by atoms with Gasteiger partial charge in [-0.1, -0.05) is 59.6 Å². The third-order valence-corrected chi connectivity index (χ3v) is 8.27. The van der Waals surface area contributed by atoms with Crippen molar-refractivity contribution in [2.75, 3.05) is 16.0 Å². The van der Waals surface area contributed by atoms with Gasteiger partial charge in [0.1, 0.15) is 5.82 Å². The number of aryl methyl sites for hydroxylation is 1. The first-order chi connectivity index (χ1) is 27.3. The number of anilines is 3. The van der Waals surface area contributed by atoms with Crippen LogP contribution >= 0.6 is 11.6 Å². The Bertz CT molecular complexity index is 2270. The number of rotatable bonds is 9. The van der Waals surface area contributed by atoms with Crippen LogP contribution in [0.2, 0.25) is 5.02 Å². The predicted octanol–water partition coefficient (Wildman–Crippen LogP) is 12.0. The van der Waals surface area contributed by atoms with E-state index >= 15 is 0 Å². The highest BCUT2D eigenvalue weighted by Crippen LogP contribution is 2.31. The minimum atomic E-state index is -4.45. The van der Waals surface area contributed by atoms with Crippen LogP contribution in [0.15, 0.2) is 103 Å². The third-order valence-electron chi connectivity index (χ3n) is 7.91. The van der Waals surface area contributed by atoms with Crippen molar-refractivity contribution in [2.45, 2.75) is 32.7 Å². The number of hydrogen-bond donors (Lipinski definition) is 6. The molecule has 0 radical (unpaired) electrons. The lowest BCUT2D eigenvalue weighted by atomic mass is 10.1. The molecule has 6 rings (SSSR count). The Hall–Kier alpha value is -6.29.